The number of thioether (sulfide) groups is 1. The summed E-state index contributed by atoms with van der Waals surface area (Å²) >= 11 is 1.63. The lowest BCUT2D eigenvalue weighted by Crippen LogP contribution is -2.58. The topological polar surface area (TPSA) is 87.2 Å². The Kier molecular flexibility index (Phi) is 8.06. The lowest BCUT2D eigenvalue weighted by Gasteiger charge is -2.40. The van der Waals surface area contributed by atoms with E-state index in [2.05, 4.69) is 6.58 Å². The molecule has 3 aliphatic rings. The first-order valence-corrected chi connectivity index (χ1v) is 14.6. The molecule has 1 aromatic rings. The van der Waals surface area contributed by atoms with Crippen molar-refractivity contribution in [2.24, 2.45) is 17.8 Å². The highest BCUT2D eigenvalue weighted by Crippen LogP contribution is 2.72. The maximum Gasteiger partial charge on any atom is 0.311 e. The van der Waals surface area contributed by atoms with Crippen molar-refractivity contribution in [3.8, 4) is 0 Å². The van der Waals surface area contributed by atoms with Gasteiger partial charge in [0.05, 0.1) is 35.8 Å². The fourth-order valence-corrected chi connectivity index (χ4v) is 9.57. The summed E-state index contributed by atoms with van der Waals surface area (Å²) in [4.78, 5) is 45.9. The first-order valence-electron chi connectivity index (χ1n) is 13.8. The van der Waals surface area contributed by atoms with E-state index in [1.165, 1.54) is 0 Å². The van der Waals surface area contributed by atoms with Crippen molar-refractivity contribution < 1.29 is 24.2 Å². The van der Waals surface area contributed by atoms with Crippen LogP contribution in [0.5, 0.6) is 0 Å². The number of carbonyl (C=O) groups is 3. The van der Waals surface area contributed by atoms with Crippen molar-refractivity contribution >= 4 is 35.2 Å². The average molecular weight is 543 g/mol. The Hall–Kier alpha value is -2.32. The van der Waals surface area contributed by atoms with Gasteiger partial charge in [0.1, 0.15) is 6.04 Å². The summed E-state index contributed by atoms with van der Waals surface area (Å²) in [6, 6.07) is 4.60. The Morgan fingerprint density at radius 1 is 1.29 bits per heavy atom. The van der Waals surface area contributed by atoms with Crippen LogP contribution in [0.2, 0.25) is 0 Å². The zero-order chi connectivity index (χ0) is 28.0. The van der Waals surface area contributed by atoms with Crippen LogP contribution in [0.4, 0.5) is 5.69 Å². The molecule has 0 aromatic heterocycles. The number of nitrogens with zero attached hydrogens (tertiary/aromatic N) is 2. The summed E-state index contributed by atoms with van der Waals surface area (Å²) < 4.78 is 4.24. The molecule has 1 spiro atoms. The minimum atomic E-state index is -0.805. The molecule has 3 aliphatic heterocycles. The number of rotatable bonds is 10. The molecule has 1 N–H and O–H groups in total. The van der Waals surface area contributed by atoms with Gasteiger partial charge in [-0.25, -0.2) is 0 Å². The van der Waals surface area contributed by atoms with E-state index in [1.54, 1.807) is 34.6 Å². The molecule has 2 unspecified atom stereocenters. The maximum atomic E-state index is 14.8. The number of anilines is 1. The molecule has 0 aliphatic carbocycles. The number of aliphatic hydroxyl groups is 1. The highest BCUT2D eigenvalue weighted by atomic mass is 32.2. The number of hydrogen-bond acceptors (Lipinski definition) is 6. The molecule has 8 heteroatoms. The van der Waals surface area contributed by atoms with Crippen molar-refractivity contribution in [2.75, 3.05) is 24.7 Å². The molecule has 3 saturated heterocycles. The van der Waals surface area contributed by atoms with Gasteiger partial charge in [-0.15, -0.1) is 18.3 Å². The molecular formula is C30H42N2O5S. The van der Waals surface area contributed by atoms with Crippen LogP contribution in [-0.4, -0.2) is 69.1 Å². The van der Waals surface area contributed by atoms with Crippen molar-refractivity contribution in [1.82, 2.24) is 4.90 Å². The standard InChI is InChI=1S/C30H42N2O5S/c1-8-15-31(24-19(5)11-10-12-20(24)6)27(35)25-30-14-13-29(7,38-30)23(28(36)37-9-2)22(30)26(34)32(25)21(17-33)16-18(3)4/h8,10-12,18,21-23,25,33H,1,9,13-17H2,2-7H3/t21-,22+,23+,25?,29-,30?/m1/s1. The zero-order valence-electron chi connectivity index (χ0n) is 23.5. The van der Waals surface area contributed by atoms with Crippen LogP contribution in [0.25, 0.3) is 0 Å². The fraction of sp³-hybridized carbons (Fsp3) is 0.633. The molecule has 4 rings (SSSR count). The summed E-state index contributed by atoms with van der Waals surface area (Å²) in [6.45, 7) is 16.1. The molecular weight excluding hydrogens is 500 g/mol. The van der Waals surface area contributed by atoms with Crippen molar-refractivity contribution in [2.45, 2.75) is 82.4 Å². The smallest absolute Gasteiger partial charge is 0.311 e. The van der Waals surface area contributed by atoms with Crippen LogP contribution in [-0.2, 0) is 19.1 Å². The molecule has 208 valence electrons. The van der Waals surface area contributed by atoms with Gasteiger partial charge in [0.2, 0.25) is 5.91 Å². The zero-order valence-corrected chi connectivity index (χ0v) is 24.3. The van der Waals surface area contributed by atoms with E-state index in [1.807, 2.05) is 52.8 Å². The van der Waals surface area contributed by atoms with Gasteiger partial charge in [-0.3, -0.25) is 14.4 Å². The monoisotopic (exact) mass is 542 g/mol. The second-order valence-electron chi connectivity index (χ2n) is 11.7. The van der Waals surface area contributed by atoms with E-state index in [0.717, 1.165) is 23.2 Å². The molecule has 2 bridgehead atoms. The number of ether oxygens (including phenoxy) is 1. The van der Waals surface area contributed by atoms with Crippen molar-refractivity contribution in [3.63, 3.8) is 0 Å². The SMILES string of the molecule is C=CCN(C(=O)C1N([C@@H](CO)CC(C)C)C(=O)[C@@H]2[C@@H](C(=O)OCC)[C@@]3(C)CCC12S3)c1c(C)cccc1C. The average Bonchev–Trinajstić information content (AvgIpc) is 3.42. The van der Waals surface area contributed by atoms with Gasteiger partial charge in [0.25, 0.3) is 5.91 Å². The van der Waals surface area contributed by atoms with E-state index in [4.69, 9.17) is 4.74 Å². The van der Waals surface area contributed by atoms with E-state index in [-0.39, 0.29) is 36.9 Å². The molecule has 0 saturated carbocycles. The predicted molar refractivity (Wildman–Crippen MR) is 151 cm³/mol. The molecule has 0 radical (unpaired) electrons. The van der Waals surface area contributed by atoms with E-state index >= 15 is 0 Å². The number of fused-ring (bicyclic) bond motifs is 1. The van der Waals surface area contributed by atoms with Crippen LogP contribution in [0.15, 0.2) is 30.9 Å². The largest absolute Gasteiger partial charge is 0.466 e. The van der Waals surface area contributed by atoms with Crippen molar-refractivity contribution in [1.29, 1.82) is 0 Å². The third kappa shape index (κ3) is 4.37. The lowest BCUT2D eigenvalue weighted by molar-refractivity contribution is -0.155. The molecule has 7 nitrogen and oxygen atoms in total. The summed E-state index contributed by atoms with van der Waals surface area (Å²) in [5, 5.41) is 10.5. The number of para-hydroxylation sites is 1. The molecule has 2 amide bonds. The number of esters is 1. The summed E-state index contributed by atoms with van der Waals surface area (Å²) in [7, 11) is 0. The van der Waals surface area contributed by atoms with Gasteiger partial charge >= 0.3 is 5.97 Å². The number of hydrogen-bond donors (Lipinski definition) is 1. The third-order valence-corrected chi connectivity index (χ3v) is 10.6. The second kappa shape index (κ2) is 10.7. The highest BCUT2D eigenvalue weighted by Gasteiger charge is 2.78. The third-order valence-electron chi connectivity index (χ3n) is 8.62. The Morgan fingerprint density at radius 3 is 2.50 bits per heavy atom. The van der Waals surface area contributed by atoms with E-state index in [0.29, 0.717) is 19.4 Å². The van der Waals surface area contributed by atoms with Gasteiger partial charge in [-0.2, -0.15) is 0 Å². The van der Waals surface area contributed by atoms with Gasteiger partial charge in [-0.1, -0.05) is 38.1 Å². The number of benzene rings is 1. The number of carbonyl (C=O) groups excluding carboxylic acids is 3. The van der Waals surface area contributed by atoms with Crippen molar-refractivity contribution in [3.05, 3.63) is 42.0 Å². The predicted octanol–water partition coefficient (Wildman–Crippen LogP) is 4.27. The summed E-state index contributed by atoms with van der Waals surface area (Å²) in [5.74, 6) is -1.83. The Bertz CT molecular complexity index is 1100. The normalized spacial score (nSPS) is 30.5. The molecule has 3 fully saturated rings. The fourth-order valence-electron chi connectivity index (χ4n) is 7.25. The van der Waals surface area contributed by atoms with Gasteiger partial charge in [0.15, 0.2) is 0 Å². The number of aryl methyl sites for hydroxylation is 2. The number of amides is 2. The van der Waals surface area contributed by atoms with Crippen LogP contribution in [0.3, 0.4) is 0 Å². The van der Waals surface area contributed by atoms with E-state index < -0.39 is 33.4 Å². The first-order chi connectivity index (χ1) is 18.0. The number of aliphatic hydroxyl groups excluding tert-OH is 1. The molecule has 38 heavy (non-hydrogen) atoms. The molecule has 6 atom stereocenters. The van der Waals surface area contributed by atoms with Crippen LogP contribution in [0, 0.1) is 31.6 Å². The number of likely N-dealkylation sites (tertiary alicyclic amines) is 1. The van der Waals surface area contributed by atoms with E-state index in [9.17, 15) is 19.5 Å². The van der Waals surface area contributed by atoms with Gasteiger partial charge in [-0.05, 0) is 64.0 Å². The quantitative estimate of drug-likeness (QED) is 0.351. The lowest BCUT2D eigenvalue weighted by atomic mass is 9.66. The molecule has 3 heterocycles. The summed E-state index contributed by atoms with van der Waals surface area (Å²) in [6.07, 6.45) is 3.65. The Morgan fingerprint density at radius 2 is 1.95 bits per heavy atom. The maximum absolute atomic E-state index is 14.8. The van der Waals surface area contributed by atoms with Crippen LogP contribution >= 0.6 is 11.8 Å². The highest BCUT2D eigenvalue weighted by molar-refractivity contribution is 8.02. The summed E-state index contributed by atoms with van der Waals surface area (Å²) in [5.41, 5.74) is 2.75. The Labute approximate surface area is 231 Å². The second-order valence-corrected chi connectivity index (χ2v) is 13.6. The Balaban J connectivity index is 1.89. The molecule has 1 aromatic carbocycles. The van der Waals surface area contributed by atoms with Crippen LogP contribution < -0.4 is 4.90 Å². The minimum Gasteiger partial charge on any atom is -0.466 e. The first kappa shape index (κ1) is 28.7. The van der Waals surface area contributed by atoms with Gasteiger partial charge < -0.3 is 19.6 Å². The van der Waals surface area contributed by atoms with Crippen LogP contribution in [0.1, 0.15) is 58.1 Å². The minimum absolute atomic E-state index is 0.179. The van der Waals surface area contributed by atoms with Gasteiger partial charge in [0, 0.05) is 17.0 Å².